The zero-order chi connectivity index (χ0) is 15.8. The number of methoxy groups -OCH3 is 1. The Balaban J connectivity index is 2.67. The summed E-state index contributed by atoms with van der Waals surface area (Å²) in [6, 6.07) is 4.88. The van der Waals surface area contributed by atoms with Crippen LogP contribution in [0.4, 0.5) is 10.5 Å². The standard InChI is InChI=1S/C13H16N2O6/c1-8(12(18)20-2)14-13(19)15-9-5-3-4-6-10(9)21-7-11(16)17/h3-6,8H,7H2,1-2H3,(H,16,17)(H2,14,15,19). The van der Waals surface area contributed by atoms with Crippen molar-refractivity contribution in [2.45, 2.75) is 13.0 Å². The highest BCUT2D eigenvalue weighted by atomic mass is 16.5. The lowest BCUT2D eigenvalue weighted by Gasteiger charge is -2.14. The summed E-state index contributed by atoms with van der Waals surface area (Å²) in [6.45, 7) is 0.942. The van der Waals surface area contributed by atoms with Crippen LogP contribution in [-0.2, 0) is 14.3 Å². The van der Waals surface area contributed by atoms with Crippen LogP contribution in [0.3, 0.4) is 0 Å². The average molecular weight is 296 g/mol. The monoisotopic (exact) mass is 296 g/mol. The molecule has 8 heteroatoms. The molecule has 3 N–H and O–H groups in total. The molecule has 21 heavy (non-hydrogen) atoms. The fourth-order valence-corrected chi connectivity index (χ4v) is 1.43. The molecule has 0 aliphatic rings. The number of esters is 1. The number of rotatable bonds is 6. The number of hydrogen-bond acceptors (Lipinski definition) is 5. The molecule has 0 aromatic heterocycles. The smallest absolute Gasteiger partial charge is 0.341 e. The molecule has 2 amide bonds. The van der Waals surface area contributed by atoms with Crippen LogP contribution in [0.1, 0.15) is 6.92 Å². The summed E-state index contributed by atoms with van der Waals surface area (Å²) in [4.78, 5) is 33.4. The average Bonchev–Trinajstić information content (AvgIpc) is 2.45. The molecule has 1 unspecified atom stereocenters. The number of para-hydroxylation sites is 2. The fraction of sp³-hybridized carbons (Fsp3) is 0.308. The number of carbonyl (C=O) groups excluding carboxylic acids is 2. The molecule has 0 saturated heterocycles. The van der Waals surface area contributed by atoms with Crippen molar-refractivity contribution in [1.29, 1.82) is 0 Å². The van der Waals surface area contributed by atoms with Gasteiger partial charge in [0.2, 0.25) is 0 Å². The second-order valence-electron chi connectivity index (χ2n) is 4.02. The Kier molecular flexibility index (Phi) is 5.99. The molecule has 0 bridgehead atoms. The maximum absolute atomic E-state index is 11.7. The zero-order valence-electron chi connectivity index (χ0n) is 11.6. The highest BCUT2D eigenvalue weighted by molar-refractivity contribution is 5.93. The van der Waals surface area contributed by atoms with Gasteiger partial charge < -0.3 is 25.2 Å². The molecule has 0 saturated carbocycles. The van der Waals surface area contributed by atoms with E-state index in [-0.39, 0.29) is 11.4 Å². The van der Waals surface area contributed by atoms with Crippen LogP contribution in [0.25, 0.3) is 0 Å². The van der Waals surface area contributed by atoms with E-state index in [1.165, 1.54) is 20.1 Å². The number of hydrogen-bond donors (Lipinski definition) is 3. The van der Waals surface area contributed by atoms with E-state index in [2.05, 4.69) is 15.4 Å². The Bertz CT molecular complexity index is 531. The van der Waals surface area contributed by atoms with Crippen LogP contribution in [0.2, 0.25) is 0 Å². The largest absolute Gasteiger partial charge is 0.480 e. The number of amides is 2. The van der Waals surface area contributed by atoms with Gasteiger partial charge in [0.1, 0.15) is 11.8 Å². The number of aliphatic carboxylic acids is 1. The van der Waals surface area contributed by atoms with Crippen molar-refractivity contribution in [3.8, 4) is 5.75 Å². The molecule has 0 aliphatic heterocycles. The summed E-state index contributed by atoms with van der Waals surface area (Å²) in [6.07, 6.45) is 0. The van der Waals surface area contributed by atoms with Gasteiger partial charge in [-0.05, 0) is 19.1 Å². The Hall–Kier alpha value is -2.77. The predicted molar refractivity (Wildman–Crippen MR) is 73.2 cm³/mol. The van der Waals surface area contributed by atoms with Crippen molar-refractivity contribution in [2.75, 3.05) is 19.0 Å². The third-order valence-electron chi connectivity index (χ3n) is 2.39. The van der Waals surface area contributed by atoms with E-state index in [9.17, 15) is 14.4 Å². The van der Waals surface area contributed by atoms with Crippen LogP contribution in [0.5, 0.6) is 5.75 Å². The minimum atomic E-state index is -1.13. The predicted octanol–water partition coefficient (Wildman–Crippen LogP) is 0.833. The minimum absolute atomic E-state index is 0.209. The molecule has 0 radical (unpaired) electrons. The van der Waals surface area contributed by atoms with Crippen LogP contribution in [-0.4, -0.2) is 42.8 Å². The molecule has 1 aromatic rings. The Labute approximate surface area is 121 Å². The number of urea groups is 1. The Morgan fingerprint density at radius 3 is 2.57 bits per heavy atom. The van der Waals surface area contributed by atoms with Gasteiger partial charge in [-0.3, -0.25) is 0 Å². The van der Waals surface area contributed by atoms with Gasteiger partial charge in [-0.2, -0.15) is 0 Å². The minimum Gasteiger partial charge on any atom is -0.480 e. The first-order chi connectivity index (χ1) is 9.93. The number of anilines is 1. The third kappa shape index (κ3) is 5.39. The SMILES string of the molecule is COC(=O)C(C)NC(=O)Nc1ccccc1OCC(=O)O. The van der Waals surface area contributed by atoms with E-state index in [1.54, 1.807) is 18.2 Å². The lowest BCUT2D eigenvalue weighted by atomic mass is 10.3. The molecular weight excluding hydrogens is 280 g/mol. The molecule has 1 atom stereocenters. The maximum atomic E-state index is 11.7. The number of benzene rings is 1. The van der Waals surface area contributed by atoms with Gasteiger partial charge in [-0.15, -0.1) is 0 Å². The molecular formula is C13H16N2O6. The van der Waals surface area contributed by atoms with Crippen molar-refractivity contribution >= 4 is 23.7 Å². The van der Waals surface area contributed by atoms with Crippen molar-refractivity contribution in [1.82, 2.24) is 5.32 Å². The van der Waals surface area contributed by atoms with E-state index in [0.717, 1.165) is 0 Å². The third-order valence-corrected chi connectivity index (χ3v) is 2.39. The number of carbonyl (C=O) groups is 3. The van der Waals surface area contributed by atoms with Crippen molar-refractivity contribution in [2.24, 2.45) is 0 Å². The summed E-state index contributed by atoms with van der Waals surface area (Å²) in [5.74, 6) is -1.50. The van der Waals surface area contributed by atoms with Gasteiger partial charge in [-0.1, -0.05) is 12.1 Å². The molecule has 0 aliphatic carbocycles. The number of carboxylic acid groups (broad SMARTS) is 1. The number of ether oxygens (including phenoxy) is 2. The van der Waals surface area contributed by atoms with Crippen LogP contribution >= 0.6 is 0 Å². The highest BCUT2D eigenvalue weighted by Gasteiger charge is 2.16. The highest BCUT2D eigenvalue weighted by Crippen LogP contribution is 2.23. The van der Waals surface area contributed by atoms with Gasteiger partial charge in [0, 0.05) is 0 Å². The van der Waals surface area contributed by atoms with Gasteiger partial charge in [-0.25, -0.2) is 14.4 Å². The summed E-state index contributed by atoms with van der Waals surface area (Å²) in [5.41, 5.74) is 0.285. The lowest BCUT2D eigenvalue weighted by Crippen LogP contribution is -2.41. The number of carboxylic acids is 1. The summed E-state index contributed by atoms with van der Waals surface area (Å²) in [5, 5.41) is 13.4. The molecule has 0 fully saturated rings. The second kappa shape index (κ2) is 7.73. The van der Waals surface area contributed by atoms with E-state index >= 15 is 0 Å². The first-order valence-corrected chi connectivity index (χ1v) is 6.03. The molecule has 0 heterocycles. The molecule has 1 aromatic carbocycles. The Morgan fingerprint density at radius 1 is 1.29 bits per heavy atom. The fourth-order valence-electron chi connectivity index (χ4n) is 1.43. The molecule has 114 valence electrons. The van der Waals surface area contributed by atoms with Crippen LogP contribution < -0.4 is 15.4 Å². The quantitative estimate of drug-likeness (QED) is 0.670. The topological polar surface area (TPSA) is 114 Å². The Morgan fingerprint density at radius 2 is 1.95 bits per heavy atom. The van der Waals surface area contributed by atoms with Crippen LogP contribution in [0, 0.1) is 0 Å². The van der Waals surface area contributed by atoms with Gasteiger partial charge in [0.25, 0.3) is 0 Å². The van der Waals surface area contributed by atoms with Gasteiger partial charge in [0.05, 0.1) is 12.8 Å². The van der Waals surface area contributed by atoms with Crippen LogP contribution in [0.15, 0.2) is 24.3 Å². The van der Waals surface area contributed by atoms with E-state index < -0.39 is 30.6 Å². The van der Waals surface area contributed by atoms with Gasteiger partial charge in [0.15, 0.2) is 6.61 Å². The summed E-state index contributed by atoms with van der Waals surface area (Å²) < 4.78 is 9.52. The molecule has 1 rings (SSSR count). The van der Waals surface area contributed by atoms with Crippen molar-refractivity contribution in [3.05, 3.63) is 24.3 Å². The lowest BCUT2D eigenvalue weighted by molar-refractivity contribution is -0.142. The summed E-state index contributed by atoms with van der Waals surface area (Å²) >= 11 is 0. The maximum Gasteiger partial charge on any atom is 0.341 e. The first-order valence-electron chi connectivity index (χ1n) is 6.03. The normalized spacial score (nSPS) is 11.1. The van der Waals surface area contributed by atoms with E-state index in [4.69, 9.17) is 9.84 Å². The zero-order valence-corrected chi connectivity index (χ0v) is 11.6. The number of nitrogens with one attached hydrogen (secondary N) is 2. The van der Waals surface area contributed by atoms with E-state index in [1.807, 2.05) is 0 Å². The van der Waals surface area contributed by atoms with Crippen molar-refractivity contribution in [3.63, 3.8) is 0 Å². The first kappa shape index (κ1) is 16.3. The van der Waals surface area contributed by atoms with Crippen molar-refractivity contribution < 1.29 is 29.0 Å². The molecule has 8 nitrogen and oxygen atoms in total. The second-order valence-corrected chi connectivity index (χ2v) is 4.02. The molecule has 0 spiro atoms. The summed E-state index contributed by atoms with van der Waals surface area (Å²) in [7, 11) is 1.22. The van der Waals surface area contributed by atoms with Gasteiger partial charge >= 0.3 is 18.0 Å². The van der Waals surface area contributed by atoms with E-state index in [0.29, 0.717) is 0 Å².